The van der Waals surface area contributed by atoms with Crippen molar-refractivity contribution in [2.24, 2.45) is 0 Å². The second-order valence-corrected chi connectivity index (χ2v) is 7.04. The van der Waals surface area contributed by atoms with E-state index in [0.717, 1.165) is 62.1 Å². The molecule has 2 saturated heterocycles. The second kappa shape index (κ2) is 7.43. The zero-order valence-corrected chi connectivity index (χ0v) is 15.5. The summed E-state index contributed by atoms with van der Waals surface area (Å²) in [6.45, 7) is 9.15. The maximum Gasteiger partial charge on any atom is 0.226 e. The Labute approximate surface area is 152 Å². The molecule has 4 rings (SSSR count). The quantitative estimate of drug-likeness (QED) is 0.776. The van der Waals surface area contributed by atoms with Gasteiger partial charge in [0.25, 0.3) is 0 Å². The van der Waals surface area contributed by atoms with E-state index in [9.17, 15) is 0 Å². The summed E-state index contributed by atoms with van der Waals surface area (Å²) in [6.07, 6.45) is 3.89. The lowest BCUT2D eigenvalue weighted by molar-refractivity contribution is 0.122. The van der Waals surface area contributed by atoms with E-state index < -0.39 is 0 Å². The van der Waals surface area contributed by atoms with Crippen LogP contribution in [0, 0.1) is 0 Å². The van der Waals surface area contributed by atoms with Crippen LogP contribution in [0.5, 0.6) is 0 Å². The van der Waals surface area contributed by atoms with Gasteiger partial charge in [0, 0.05) is 19.6 Å². The van der Waals surface area contributed by atoms with Crippen LogP contribution in [-0.4, -0.2) is 63.8 Å². The fourth-order valence-corrected chi connectivity index (χ4v) is 3.93. The van der Waals surface area contributed by atoms with Crippen molar-refractivity contribution in [1.29, 1.82) is 0 Å². The molecule has 2 aromatic rings. The van der Waals surface area contributed by atoms with Crippen molar-refractivity contribution in [1.82, 2.24) is 24.4 Å². The molecule has 0 N–H and O–H groups in total. The van der Waals surface area contributed by atoms with Gasteiger partial charge in [0.1, 0.15) is 5.82 Å². The summed E-state index contributed by atoms with van der Waals surface area (Å²) >= 11 is 6.24. The van der Waals surface area contributed by atoms with E-state index in [-0.39, 0.29) is 5.28 Å². The number of hydrogen-bond donors (Lipinski definition) is 0. The minimum atomic E-state index is 0.285. The Kier molecular flexibility index (Phi) is 5.05. The highest BCUT2D eigenvalue weighted by Crippen LogP contribution is 2.27. The number of nitrogens with zero attached hydrogens (tertiary/aromatic N) is 6. The minimum absolute atomic E-state index is 0.285. The van der Waals surface area contributed by atoms with Crippen LogP contribution in [0.4, 0.5) is 5.82 Å². The Bertz CT molecular complexity index is 736. The molecule has 7 nitrogen and oxygen atoms in total. The lowest BCUT2D eigenvalue weighted by Gasteiger charge is -2.27. The normalized spacial score (nSPS) is 19.7. The summed E-state index contributed by atoms with van der Waals surface area (Å²) in [4.78, 5) is 18.6. The molecule has 8 heteroatoms. The van der Waals surface area contributed by atoms with Crippen molar-refractivity contribution in [2.45, 2.75) is 39.3 Å². The van der Waals surface area contributed by atoms with Gasteiger partial charge in [-0.3, -0.25) is 4.90 Å². The van der Waals surface area contributed by atoms with Gasteiger partial charge < -0.3 is 14.2 Å². The summed E-state index contributed by atoms with van der Waals surface area (Å²) in [5.41, 5.74) is 1.70. The molecule has 136 valence electrons. The minimum Gasteiger partial charge on any atom is -0.378 e. The van der Waals surface area contributed by atoms with Crippen LogP contribution < -0.4 is 4.90 Å². The number of hydrogen-bond acceptors (Lipinski definition) is 6. The molecular weight excluding hydrogens is 340 g/mol. The summed E-state index contributed by atoms with van der Waals surface area (Å²) in [5, 5.41) is 0.285. The average Bonchev–Trinajstić information content (AvgIpc) is 2.99. The topological polar surface area (TPSA) is 59.3 Å². The van der Waals surface area contributed by atoms with Crippen LogP contribution in [-0.2, 0) is 17.8 Å². The third kappa shape index (κ3) is 3.45. The fraction of sp³-hybridized carbons (Fsp3) is 0.706. The molecule has 2 aromatic heterocycles. The number of likely N-dealkylation sites (tertiary alicyclic amines) is 1. The summed E-state index contributed by atoms with van der Waals surface area (Å²) in [6, 6.07) is 0. The predicted octanol–water partition coefficient (Wildman–Crippen LogP) is 2.32. The first-order chi connectivity index (χ1) is 12.3. The average molecular weight is 365 g/mol. The van der Waals surface area contributed by atoms with E-state index in [0.29, 0.717) is 13.2 Å². The number of imidazole rings is 1. The number of halogens is 1. The maximum atomic E-state index is 6.24. The molecule has 0 bridgehead atoms. The van der Waals surface area contributed by atoms with E-state index >= 15 is 0 Å². The number of ether oxygens (including phenoxy) is 1. The van der Waals surface area contributed by atoms with Crippen molar-refractivity contribution >= 4 is 28.6 Å². The van der Waals surface area contributed by atoms with Gasteiger partial charge in [-0.25, -0.2) is 4.98 Å². The van der Waals surface area contributed by atoms with E-state index in [4.69, 9.17) is 21.3 Å². The molecule has 0 saturated carbocycles. The van der Waals surface area contributed by atoms with Gasteiger partial charge in [-0.05, 0) is 44.5 Å². The predicted molar refractivity (Wildman–Crippen MR) is 98.2 cm³/mol. The molecule has 0 aromatic carbocycles. The molecule has 4 heterocycles. The molecule has 0 atom stereocenters. The number of aromatic nitrogens is 4. The van der Waals surface area contributed by atoms with Gasteiger partial charge in [0.15, 0.2) is 17.0 Å². The Morgan fingerprint density at radius 2 is 1.76 bits per heavy atom. The van der Waals surface area contributed by atoms with Crippen molar-refractivity contribution in [3.63, 3.8) is 0 Å². The van der Waals surface area contributed by atoms with E-state index in [1.54, 1.807) is 0 Å². The van der Waals surface area contributed by atoms with E-state index in [2.05, 4.69) is 31.3 Å². The van der Waals surface area contributed by atoms with Crippen LogP contribution in [0.15, 0.2) is 0 Å². The summed E-state index contributed by atoms with van der Waals surface area (Å²) < 4.78 is 7.65. The first kappa shape index (κ1) is 17.0. The van der Waals surface area contributed by atoms with Crippen LogP contribution in [0.25, 0.3) is 11.2 Å². The number of anilines is 1. The molecule has 0 radical (unpaired) electrons. The maximum absolute atomic E-state index is 6.24. The number of morpholine rings is 1. The fourth-order valence-electron chi connectivity index (χ4n) is 3.77. The van der Waals surface area contributed by atoms with Crippen molar-refractivity contribution < 1.29 is 4.74 Å². The number of rotatable bonds is 4. The lowest BCUT2D eigenvalue weighted by Crippen LogP contribution is -2.37. The van der Waals surface area contributed by atoms with Gasteiger partial charge >= 0.3 is 0 Å². The third-order valence-corrected chi connectivity index (χ3v) is 5.24. The van der Waals surface area contributed by atoms with Gasteiger partial charge in [0.2, 0.25) is 5.28 Å². The number of aryl methyl sites for hydroxylation is 1. The standard InChI is InChI=1S/C17H25ClN6O/c1-2-24-13(12-22-6-4-3-5-7-22)19-14-15(20-17(18)21-16(14)24)23-8-10-25-11-9-23/h2-12H2,1H3. The SMILES string of the molecule is CCn1c(CN2CCCCC2)nc2c(N3CCOCC3)nc(Cl)nc21. The molecule has 2 fully saturated rings. The van der Waals surface area contributed by atoms with Crippen LogP contribution in [0.2, 0.25) is 5.28 Å². The molecule has 0 unspecified atom stereocenters. The Balaban J connectivity index is 1.73. The second-order valence-electron chi connectivity index (χ2n) is 6.70. The van der Waals surface area contributed by atoms with Crippen molar-refractivity contribution in [3.05, 3.63) is 11.1 Å². The van der Waals surface area contributed by atoms with Crippen LogP contribution >= 0.6 is 11.6 Å². The van der Waals surface area contributed by atoms with Gasteiger partial charge in [-0.2, -0.15) is 9.97 Å². The molecule has 2 aliphatic heterocycles. The van der Waals surface area contributed by atoms with E-state index in [1.165, 1.54) is 19.3 Å². The number of fused-ring (bicyclic) bond motifs is 1. The van der Waals surface area contributed by atoms with Gasteiger partial charge in [0.05, 0.1) is 19.8 Å². The highest BCUT2D eigenvalue weighted by Gasteiger charge is 2.23. The Hall–Kier alpha value is -1.44. The summed E-state index contributed by atoms with van der Waals surface area (Å²) in [5.74, 6) is 1.90. The van der Waals surface area contributed by atoms with Crippen molar-refractivity contribution in [2.75, 3.05) is 44.3 Å². The van der Waals surface area contributed by atoms with Gasteiger partial charge in [-0.15, -0.1) is 0 Å². The number of piperidine rings is 1. The third-order valence-electron chi connectivity index (χ3n) is 5.07. The largest absolute Gasteiger partial charge is 0.378 e. The Morgan fingerprint density at radius 3 is 2.48 bits per heavy atom. The zero-order valence-electron chi connectivity index (χ0n) is 14.7. The monoisotopic (exact) mass is 364 g/mol. The van der Waals surface area contributed by atoms with E-state index in [1.807, 2.05) is 0 Å². The smallest absolute Gasteiger partial charge is 0.226 e. The highest BCUT2D eigenvalue weighted by molar-refractivity contribution is 6.28. The van der Waals surface area contributed by atoms with Gasteiger partial charge in [-0.1, -0.05) is 6.42 Å². The van der Waals surface area contributed by atoms with Crippen LogP contribution in [0.1, 0.15) is 32.0 Å². The zero-order chi connectivity index (χ0) is 17.2. The molecule has 0 amide bonds. The lowest BCUT2D eigenvalue weighted by atomic mass is 10.1. The molecule has 0 spiro atoms. The molecule has 0 aliphatic carbocycles. The first-order valence-corrected chi connectivity index (χ1v) is 9.61. The van der Waals surface area contributed by atoms with Crippen molar-refractivity contribution in [3.8, 4) is 0 Å². The Morgan fingerprint density at radius 1 is 1.00 bits per heavy atom. The molecular formula is C17H25ClN6O. The first-order valence-electron chi connectivity index (χ1n) is 9.24. The molecule has 2 aliphatic rings. The molecule has 25 heavy (non-hydrogen) atoms. The highest BCUT2D eigenvalue weighted by atomic mass is 35.5. The summed E-state index contributed by atoms with van der Waals surface area (Å²) in [7, 11) is 0. The van der Waals surface area contributed by atoms with Crippen LogP contribution in [0.3, 0.4) is 0 Å².